The summed E-state index contributed by atoms with van der Waals surface area (Å²) in [6, 6.07) is 2.07. The maximum atomic E-state index is 11.8. The summed E-state index contributed by atoms with van der Waals surface area (Å²) in [6.07, 6.45) is 7.49. The molecule has 0 spiro atoms. The molecule has 1 saturated heterocycles. The number of hydrogen-bond acceptors (Lipinski definition) is 3. The normalized spacial score (nSPS) is 27.1. The van der Waals surface area contributed by atoms with E-state index >= 15 is 0 Å². The number of anilines is 1. The van der Waals surface area contributed by atoms with Crippen molar-refractivity contribution in [1.82, 2.24) is 9.55 Å². The second-order valence-corrected chi connectivity index (χ2v) is 5.80. The third kappa shape index (κ3) is 2.22. The molecule has 5 nitrogen and oxygen atoms in total. The Hall–Kier alpha value is -1.52. The summed E-state index contributed by atoms with van der Waals surface area (Å²) in [4.78, 5) is 28.6. The maximum Gasteiger partial charge on any atom is 0.329 e. The predicted molar refractivity (Wildman–Crippen MR) is 74.6 cm³/mol. The zero-order valence-electron chi connectivity index (χ0n) is 11.4. The Labute approximate surface area is 112 Å². The van der Waals surface area contributed by atoms with Crippen molar-refractivity contribution in [3.05, 3.63) is 26.9 Å². The van der Waals surface area contributed by atoms with Crippen molar-refractivity contribution in [2.45, 2.75) is 44.6 Å². The lowest BCUT2D eigenvalue weighted by Gasteiger charge is -2.45. The zero-order chi connectivity index (χ0) is 13.4. The summed E-state index contributed by atoms with van der Waals surface area (Å²) in [5.41, 5.74) is -0.544. The standard InChI is InChI=1S/C14H21N3O2/c1-16-13(18)9-12(15-14(16)19)17-8-4-6-10-5-2-3-7-11(10)17/h9-11H,2-8H2,1H3,(H,15,19). The van der Waals surface area contributed by atoms with Crippen LogP contribution in [-0.2, 0) is 7.05 Å². The van der Waals surface area contributed by atoms with Crippen molar-refractivity contribution in [2.75, 3.05) is 11.4 Å². The average Bonchev–Trinajstić information content (AvgIpc) is 2.43. The quantitative estimate of drug-likeness (QED) is 0.829. The molecule has 0 radical (unpaired) electrons. The predicted octanol–water partition coefficient (Wildman–Crippen LogP) is 1.23. The fraction of sp³-hybridized carbons (Fsp3) is 0.714. The van der Waals surface area contributed by atoms with Crippen LogP contribution >= 0.6 is 0 Å². The fourth-order valence-corrected chi connectivity index (χ4v) is 3.62. The van der Waals surface area contributed by atoms with E-state index in [-0.39, 0.29) is 11.2 Å². The van der Waals surface area contributed by atoms with E-state index in [1.807, 2.05) is 0 Å². The molecule has 5 heteroatoms. The van der Waals surface area contributed by atoms with Gasteiger partial charge in [0.05, 0.1) is 0 Å². The largest absolute Gasteiger partial charge is 0.355 e. The van der Waals surface area contributed by atoms with Crippen LogP contribution in [-0.4, -0.2) is 22.1 Å². The van der Waals surface area contributed by atoms with E-state index in [0.29, 0.717) is 11.9 Å². The van der Waals surface area contributed by atoms with Gasteiger partial charge in [-0.25, -0.2) is 4.79 Å². The van der Waals surface area contributed by atoms with Crippen molar-refractivity contribution in [1.29, 1.82) is 0 Å². The molecule has 19 heavy (non-hydrogen) atoms. The third-order valence-corrected chi connectivity index (χ3v) is 4.68. The van der Waals surface area contributed by atoms with E-state index in [1.165, 1.54) is 39.2 Å². The minimum Gasteiger partial charge on any atom is -0.355 e. The number of nitrogens with zero attached hydrogens (tertiary/aromatic N) is 2. The molecule has 0 amide bonds. The highest BCUT2D eigenvalue weighted by molar-refractivity contribution is 5.39. The Bertz CT molecular complexity index is 542. The van der Waals surface area contributed by atoms with Gasteiger partial charge in [0.25, 0.3) is 5.56 Å². The van der Waals surface area contributed by atoms with Crippen LogP contribution < -0.4 is 16.1 Å². The smallest absolute Gasteiger partial charge is 0.329 e. The van der Waals surface area contributed by atoms with E-state index in [1.54, 1.807) is 6.07 Å². The number of H-pyrrole nitrogens is 1. The number of aromatic amines is 1. The van der Waals surface area contributed by atoms with Crippen LogP contribution in [0.25, 0.3) is 0 Å². The number of piperidine rings is 1. The SMILES string of the molecule is Cn1c(=O)cc(N2CCCC3CCCCC32)[nH]c1=O. The van der Waals surface area contributed by atoms with Crippen LogP contribution in [0, 0.1) is 5.92 Å². The third-order valence-electron chi connectivity index (χ3n) is 4.68. The molecular weight excluding hydrogens is 242 g/mol. The molecular formula is C14H21N3O2. The van der Waals surface area contributed by atoms with Crippen LogP contribution in [0.4, 0.5) is 5.82 Å². The van der Waals surface area contributed by atoms with Gasteiger partial charge in [0.2, 0.25) is 0 Å². The lowest BCUT2D eigenvalue weighted by atomic mass is 9.78. The van der Waals surface area contributed by atoms with Crippen molar-refractivity contribution in [3.8, 4) is 0 Å². The first-order chi connectivity index (χ1) is 9.16. The lowest BCUT2D eigenvalue weighted by molar-refractivity contribution is 0.242. The minimum atomic E-state index is -0.319. The lowest BCUT2D eigenvalue weighted by Crippen LogP contribution is -2.48. The summed E-state index contributed by atoms with van der Waals surface area (Å²) < 4.78 is 1.12. The molecule has 1 aromatic rings. The molecule has 2 atom stereocenters. The summed E-state index contributed by atoms with van der Waals surface area (Å²) >= 11 is 0. The molecule has 2 fully saturated rings. The van der Waals surface area contributed by atoms with Gasteiger partial charge >= 0.3 is 5.69 Å². The minimum absolute atomic E-state index is 0.225. The van der Waals surface area contributed by atoms with E-state index < -0.39 is 0 Å². The molecule has 0 aromatic carbocycles. The van der Waals surface area contributed by atoms with Gasteiger partial charge in [-0.1, -0.05) is 12.8 Å². The van der Waals surface area contributed by atoms with E-state index in [2.05, 4.69) is 9.88 Å². The Kier molecular flexibility index (Phi) is 3.21. The highest BCUT2D eigenvalue weighted by Crippen LogP contribution is 2.36. The first kappa shape index (κ1) is 12.5. The van der Waals surface area contributed by atoms with Crippen LogP contribution in [0.1, 0.15) is 38.5 Å². The number of aromatic nitrogens is 2. The highest BCUT2D eigenvalue weighted by atomic mass is 16.2. The van der Waals surface area contributed by atoms with Gasteiger partial charge in [0, 0.05) is 25.7 Å². The second-order valence-electron chi connectivity index (χ2n) is 5.80. The molecule has 1 aliphatic heterocycles. The van der Waals surface area contributed by atoms with Gasteiger partial charge in [-0.2, -0.15) is 0 Å². The summed E-state index contributed by atoms with van der Waals surface area (Å²) in [5, 5.41) is 0. The molecule has 2 aliphatic rings. The summed E-state index contributed by atoms with van der Waals surface area (Å²) in [7, 11) is 1.50. The Balaban J connectivity index is 1.96. The van der Waals surface area contributed by atoms with Crippen molar-refractivity contribution in [3.63, 3.8) is 0 Å². The highest BCUT2D eigenvalue weighted by Gasteiger charge is 2.33. The van der Waals surface area contributed by atoms with E-state index in [0.717, 1.165) is 23.5 Å². The van der Waals surface area contributed by atoms with Gasteiger partial charge < -0.3 is 4.90 Å². The molecule has 104 valence electrons. The van der Waals surface area contributed by atoms with Gasteiger partial charge in [0.15, 0.2) is 0 Å². The summed E-state index contributed by atoms with van der Waals surface area (Å²) in [6.45, 7) is 0.949. The molecule has 1 N–H and O–H groups in total. The molecule has 1 aromatic heterocycles. The first-order valence-electron chi connectivity index (χ1n) is 7.24. The van der Waals surface area contributed by atoms with Crippen LogP contribution in [0.15, 0.2) is 15.7 Å². The van der Waals surface area contributed by atoms with Crippen molar-refractivity contribution in [2.24, 2.45) is 13.0 Å². The average molecular weight is 263 g/mol. The van der Waals surface area contributed by atoms with Gasteiger partial charge in [-0.3, -0.25) is 14.3 Å². The van der Waals surface area contributed by atoms with Crippen LogP contribution in [0.2, 0.25) is 0 Å². The molecule has 1 saturated carbocycles. The molecule has 3 rings (SSSR count). The number of hydrogen-bond donors (Lipinski definition) is 1. The van der Waals surface area contributed by atoms with Gasteiger partial charge in [-0.15, -0.1) is 0 Å². The van der Waals surface area contributed by atoms with Gasteiger partial charge in [-0.05, 0) is 31.6 Å². The van der Waals surface area contributed by atoms with Crippen LogP contribution in [0.5, 0.6) is 0 Å². The first-order valence-corrected chi connectivity index (χ1v) is 7.24. The van der Waals surface area contributed by atoms with Gasteiger partial charge in [0.1, 0.15) is 5.82 Å². The Morgan fingerprint density at radius 1 is 1.16 bits per heavy atom. The van der Waals surface area contributed by atoms with E-state index in [4.69, 9.17) is 0 Å². The number of rotatable bonds is 1. The number of fused-ring (bicyclic) bond motifs is 1. The summed E-state index contributed by atoms with van der Waals surface area (Å²) in [5.74, 6) is 1.44. The van der Waals surface area contributed by atoms with Crippen LogP contribution in [0.3, 0.4) is 0 Å². The maximum absolute atomic E-state index is 11.8. The fourth-order valence-electron chi connectivity index (χ4n) is 3.62. The molecule has 2 unspecified atom stereocenters. The topological polar surface area (TPSA) is 58.1 Å². The van der Waals surface area contributed by atoms with Crippen molar-refractivity contribution < 1.29 is 0 Å². The Morgan fingerprint density at radius 3 is 2.68 bits per heavy atom. The molecule has 1 aliphatic carbocycles. The monoisotopic (exact) mass is 263 g/mol. The molecule has 0 bridgehead atoms. The zero-order valence-corrected chi connectivity index (χ0v) is 11.4. The number of nitrogens with one attached hydrogen (secondary N) is 1. The van der Waals surface area contributed by atoms with Crippen molar-refractivity contribution >= 4 is 5.82 Å². The molecule has 2 heterocycles. The van der Waals surface area contributed by atoms with E-state index in [9.17, 15) is 9.59 Å². The Morgan fingerprint density at radius 2 is 1.89 bits per heavy atom. The second kappa shape index (κ2) is 4.87.